The molecule has 0 bridgehead atoms. The summed E-state index contributed by atoms with van der Waals surface area (Å²) in [5, 5.41) is 2.55. The van der Waals surface area contributed by atoms with E-state index in [0.29, 0.717) is 0 Å². The zero-order valence-corrected chi connectivity index (χ0v) is 21.1. The number of rotatable bonds is 10. The average Bonchev–Trinajstić information content (AvgIpc) is 2.79. The second-order valence-corrected chi connectivity index (χ2v) is 7.64. The van der Waals surface area contributed by atoms with Gasteiger partial charge in [0.25, 0.3) is 5.79 Å². The highest BCUT2D eigenvalue weighted by Gasteiger charge is 2.58. The maximum absolute atomic E-state index is 12.7. The fourth-order valence-corrected chi connectivity index (χ4v) is 3.62. The second-order valence-electron chi connectivity index (χ2n) is 7.64. The van der Waals surface area contributed by atoms with Crippen LogP contribution in [0, 0.1) is 0 Å². The van der Waals surface area contributed by atoms with Crippen molar-refractivity contribution < 1.29 is 61.9 Å². The van der Waals surface area contributed by atoms with Gasteiger partial charge in [-0.3, -0.25) is 19.2 Å². The zero-order chi connectivity index (χ0) is 27.6. The molecular formula is C22H31NO13. The summed E-state index contributed by atoms with van der Waals surface area (Å²) in [5.41, 5.74) is 0. The number of carbonyl (C=O) groups is 6. The number of hydrogen-bond acceptors (Lipinski definition) is 13. The number of carbonyl (C=O) groups excluding carboxylic acids is 6. The lowest BCUT2D eigenvalue weighted by atomic mass is 9.87. The Morgan fingerprint density at radius 1 is 0.917 bits per heavy atom. The third-order valence-electron chi connectivity index (χ3n) is 4.94. The van der Waals surface area contributed by atoms with Gasteiger partial charge in [0, 0.05) is 40.9 Å². The SMILES string of the molecule is COC(=O)/C=C\[C@@H](OC(C)=O)[C@@H](OC(C)=O)[C@@H]1O[C@](OC)(C(=O)OC)C[C@H](OC(C)=O)[C@H]1NC(C)=O. The van der Waals surface area contributed by atoms with Gasteiger partial charge >= 0.3 is 29.8 Å². The van der Waals surface area contributed by atoms with Crippen LogP contribution in [0.1, 0.15) is 34.1 Å². The van der Waals surface area contributed by atoms with Crippen molar-refractivity contribution in [2.45, 2.75) is 70.4 Å². The van der Waals surface area contributed by atoms with E-state index in [1.54, 1.807) is 0 Å². The predicted octanol–water partition coefficient (Wildman–Crippen LogP) is -0.680. The molecule has 0 saturated carbocycles. The molecule has 0 radical (unpaired) electrons. The Hall–Kier alpha value is -3.52. The van der Waals surface area contributed by atoms with Crippen LogP contribution < -0.4 is 5.32 Å². The average molecular weight is 517 g/mol. The molecule has 6 atom stereocenters. The Kier molecular flexibility index (Phi) is 11.5. The summed E-state index contributed by atoms with van der Waals surface area (Å²) in [5.74, 6) is -7.09. The molecule has 1 aliphatic rings. The van der Waals surface area contributed by atoms with Gasteiger partial charge in [-0.25, -0.2) is 9.59 Å². The van der Waals surface area contributed by atoms with Crippen molar-refractivity contribution in [3.05, 3.63) is 12.2 Å². The number of ether oxygens (including phenoxy) is 7. The van der Waals surface area contributed by atoms with Crippen molar-refractivity contribution in [1.82, 2.24) is 5.32 Å². The minimum atomic E-state index is -2.18. The van der Waals surface area contributed by atoms with Gasteiger partial charge in [0.2, 0.25) is 5.91 Å². The zero-order valence-electron chi connectivity index (χ0n) is 21.1. The molecule has 0 aliphatic carbocycles. The van der Waals surface area contributed by atoms with Crippen LogP contribution in [-0.2, 0) is 61.9 Å². The Bertz CT molecular complexity index is 885. The van der Waals surface area contributed by atoms with E-state index < -0.39 is 78.4 Å². The maximum Gasteiger partial charge on any atom is 0.366 e. The predicted molar refractivity (Wildman–Crippen MR) is 117 cm³/mol. The maximum atomic E-state index is 12.7. The van der Waals surface area contributed by atoms with Gasteiger partial charge in [-0.15, -0.1) is 0 Å². The number of amides is 1. The van der Waals surface area contributed by atoms with Crippen molar-refractivity contribution in [2.75, 3.05) is 21.3 Å². The van der Waals surface area contributed by atoms with Crippen LogP contribution in [0.3, 0.4) is 0 Å². The molecule has 14 heteroatoms. The fraction of sp³-hybridized carbons (Fsp3) is 0.636. The van der Waals surface area contributed by atoms with Gasteiger partial charge in [0.15, 0.2) is 12.2 Å². The lowest BCUT2D eigenvalue weighted by molar-refractivity contribution is -0.305. The van der Waals surface area contributed by atoms with Crippen LogP contribution in [0.15, 0.2) is 12.2 Å². The summed E-state index contributed by atoms with van der Waals surface area (Å²) < 4.78 is 36.6. The minimum Gasteiger partial charge on any atom is -0.466 e. The molecule has 0 aromatic heterocycles. The third-order valence-corrected chi connectivity index (χ3v) is 4.94. The normalized spacial score (nSPS) is 25.1. The van der Waals surface area contributed by atoms with Crippen molar-refractivity contribution in [1.29, 1.82) is 0 Å². The first kappa shape index (κ1) is 30.5. The summed E-state index contributed by atoms with van der Waals surface area (Å²) in [6.45, 7) is 4.38. The molecule has 0 unspecified atom stereocenters. The highest BCUT2D eigenvalue weighted by atomic mass is 16.7. The first-order chi connectivity index (χ1) is 16.8. The van der Waals surface area contributed by atoms with Crippen molar-refractivity contribution in [3.63, 3.8) is 0 Å². The third kappa shape index (κ3) is 8.30. The number of hydrogen-bond donors (Lipinski definition) is 1. The van der Waals surface area contributed by atoms with E-state index in [0.717, 1.165) is 54.3 Å². The van der Waals surface area contributed by atoms with Crippen LogP contribution >= 0.6 is 0 Å². The molecule has 1 aliphatic heterocycles. The van der Waals surface area contributed by atoms with E-state index in [1.165, 1.54) is 6.92 Å². The lowest BCUT2D eigenvalue weighted by Gasteiger charge is -2.48. The number of methoxy groups -OCH3 is 3. The molecule has 1 saturated heterocycles. The van der Waals surface area contributed by atoms with Gasteiger partial charge in [0.1, 0.15) is 12.2 Å². The standard InChI is InChI=1S/C22H31NO13/c1-11(24)23-18-16(34-13(3)26)10-22(32-7,21(29)31-6)36-20(18)19(35-14(4)27)15(33-12(2)25)8-9-17(28)30-5/h8-9,15-16,18-20H,10H2,1-7H3,(H,23,24)/b9-8-/t15-,16+,18-,19-,20-,22+/m1/s1. The Labute approximate surface area is 207 Å². The van der Waals surface area contributed by atoms with Gasteiger partial charge < -0.3 is 38.5 Å². The van der Waals surface area contributed by atoms with Crippen molar-refractivity contribution in [2.24, 2.45) is 0 Å². The van der Waals surface area contributed by atoms with E-state index >= 15 is 0 Å². The Balaban J connectivity index is 3.79. The monoisotopic (exact) mass is 517 g/mol. The molecule has 0 aromatic carbocycles. The molecule has 0 spiro atoms. The van der Waals surface area contributed by atoms with E-state index in [9.17, 15) is 28.8 Å². The molecule has 1 rings (SSSR count). The first-order valence-electron chi connectivity index (χ1n) is 10.7. The van der Waals surface area contributed by atoms with E-state index in [-0.39, 0.29) is 0 Å². The Morgan fingerprint density at radius 2 is 1.53 bits per heavy atom. The van der Waals surface area contributed by atoms with E-state index in [2.05, 4.69) is 10.1 Å². The molecule has 1 fully saturated rings. The molecule has 1 heterocycles. The highest BCUT2D eigenvalue weighted by Crippen LogP contribution is 2.36. The quantitative estimate of drug-likeness (QED) is 0.219. The molecule has 0 aromatic rings. The first-order valence-corrected chi connectivity index (χ1v) is 10.7. The molecule has 14 nitrogen and oxygen atoms in total. The van der Waals surface area contributed by atoms with Crippen LogP contribution in [0.25, 0.3) is 0 Å². The van der Waals surface area contributed by atoms with Crippen molar-refractivity contribution >= 4 is 35.8 Å². The van der Waals surface area contributed by atoms with Crippen LogP contribution in [-0.4, -0.2) is 93.3 Å². The van der Waals surface area contributed by atoms with Crippen LogP contribution in [0.2, 0.25) is 0 Å². The summed E-state index contributed by atoms with van der Waals surface area (Å²) in [4.78, 5) is 72.3. The van der Waals surface area contributed by atoms with E-state index in [4.69, 9.17) is 28.4 Å². The summed E-state index contributed by atoms with van der Waals surface area (Å²) >= 11 is 0. The molecule has 1 amide bonds. The van der Waals surface area contributed by atoms with E-state index in [1.807, 2.05) is 0 Å². The lowest BCUT2D eigenvalue weighted by Crippen LogP contribution is -2.68. The fourth-order valence-electron chi connectivity index (χ4n) is 3.62. The Morgan fingerprint density at radius 3 is 1.97 bits per heavy atom. The number of esters is 5. The number of nitrogens with one attached hydrogen (secondary N) is 1. The van der Waals surface area contributed by atoms with Crippen molar-refractivity contribution in [3.8, 4) is 0 Å². The van der Waals surface area contributed by atoms with Gasteiger partial charge in [-0.1, -0.05) is 0 Å². The highest BCUT2D eigenvalue weighted by molar-refractivity contribution is 5.82. The summed E-state index contributed by atoms with van der Waals surface area (Å²) in [6, 6.07) is -1.24. The molecule has 1 N–H and O–H groups in total. The summed E-state index contributed by atoms with van der Waals surface area (Å²) in [6.07, 6.45) is -4.33. The van der Waals surface area contributed by atoms with Gasteiger partial charge in [-0.05, 0) is 6.08 Å². The molecule has 202 valence electrons. The van der Waals surface area contributed by atoms with Gasteiger partial charge in [-0.2, -0.15) is 0 Å². The molecule has 36 heavy (non-hydrogen) atoms. The topological polar surface area (TPSA) is 179 Å². The van der Waals surface area contributed by atoms with Gasteiger partial charge in [0.05, 0.1) is 26.7 Å². The van der Waals surface area contributed by atoms with Crippen LogP contribution in [0.5, 0.6) is 0 Å². The summed E-state index contributed by atoms with van der Waals surface area (Å²) in [7, 11) is 3.30. The van der Waals surface area contributed by atoms with Crippen LogP contribution in [0.4, 0.5) is 0 Å². The largest absolute Gasteiger partial charge is 0.466 e. The smallest absolute Gasteiger partial charge is 0.366 e. The molecular weight excluding hydrogens is 486 g/mol. The minimum absolute atomic E-state index is 0.416. The second kappa shape index (κ2) is 13.5.